The first-order valence-corrected chi connectivity index (χ1v) is 6.71. The Balaban J connectivity index is 2.18. The van der Waals surface area contributed by atoms with Crippen LogP contribution in [0.1, 0.15) is 11.1 Å². The van der Waals surface area contributed by atoms with E-state index in [0.717, 1.165) is 28.3 Å². The van der Waals surface area contributed by atoms with Gasteiger partial charge < -0.3 is 9.47 Å². The Morgan fingerprint density at radius 1 is 0.952 bits per heavy atom. The molecule has 0 unspecified atom stereocenters. The molecule has 1 aliphatic rings. The van der Waals surface area contributed by atoms with Gasteiger partial charge in [0.2, 0.25) is 5.90 Å². The molecular formula is C17H16N2O2. The number of hydrogen-bond acceptors (Lipinski definition) is 4. The minimum Gasteiger partial charge on any atom is -0.497 e. The van der Waals surface area contributed by atoms with Crippen molar-refractivity contribution in [3.63, 3.8) is 0 Å². The maximum absolute atomic E-state index is 5.32. The van der Waals surface area contributed by atoms with Crippen LogP contribution in [0.15, 0.2) is 58.5 Å². The summed E-state index contributed by atoms with van der Waals surface area (Å²) < 4.78 is 10.6. The summed E-state index contributed by atoms with van der Waals surface area (Å²) in [5.41, 5.74) is 3.75. The van der Waals surface area contributed by atoms with Crippen LogP contribution in [0.4, 0.5) is 5.69 Å². The van der Waals surface area contributed by atoms with Crippen LogP contribution in [0.2, 0.25) is 0 Å². The Bertz CT molecular complexity index is 706. The van der Waals surface area contributed by atoms with Gasteiger partial charge in [-0.2, -0.15) is 0 Å². The second-order valence-corrected chi connectivity index (χ2v) is 4.62. The van der Waals surface area contributed by atoms with Crippen molar-refractivity contribution in [2.45, 2.75) is 0 Å². The van der Waals surface area contributed by atoms with Gasteiger partial charge in [0, 0.05) is 11.1 Å². The van der Waals surface area contributed by atoms with E-state index in [1.165, 1.54) is 0 Å². The van der Waals surface area contributed by atoms with Crippen molar-refractivity contribution in [1.29, 1.82) is 0 Å². The van der Waals surface area contributed by atoms with E-state index in [-0.39, 0.29) is 0 Å². The van der Waals surface area contributed by atoms with Crippen LogP contribution in [0, 0.1) is 0 Å². The van der Waals surface area contributed by atoms with E-state index in [1.807, 2.05) is 48.5 Å². The van der Waals surface area contributed by atoms with Gasteiger partial charge in [0.05, 0.1) is 25.6 Å². The molecule has 0 amide bonds. The zero-order valence-electron chi connectivity index (χ0n) is 12.0. The Morgan fingerprint density at radius 2 is 1.76 bits per heavy atom. The van der Waals surface area contributed by atoms with Crippen LogP contribution < -0.4 is 4.74 Å². The van der Waals surface area contributed by atoms with Gasteiger partial charge in [0.15, 0.2) is 0 Å². The summed E-state index contributed by atoms with van der Waals surface area (Å²) >= 11 is 0. The summed E-state index contributed by atoms with van der Waals surface area (Å²) in [6.07, 6.45) is 0. The SMILES string of the molecule is COC1=Nc2ccc(OC)cc2C(c2ccccc2)=NC1. The lowest BCUT2D eigenvalue weighted by atomic mass is 10.0. The van der Waals surface area contributed by atoms with Gasteiger partial charge >= 0.3 is 0 Å². The molecule has 1 aliphatic heterocycles. The zero-order valence-corrected chi connectivity index (χ0v) is 12.0. The summed E-state index contributed by atoms with van der Waals surface area (Å²) in [5, 5.41) is 0. The Hall–Kier alpha value is -2.62. The fourth-order valence-electron chi connectivity index (χ4n) is 2.28. The van der Waals surface area contributed by atoms with E-state index in [4.69, 9.17) is 9.47 Å². The largest absolute Gasteiger partial charge is 0.497 e. The number of hydrogen-bond donors (Lipinski definition) is 0. The summed E-state index contributed by atoms with van der Waals surface area (Å²) in [6, 6.07) is 15.9. The molecule has 0 aliphatic carbocycles. The number of benzene rings is 2. The number of aliphatic imine (C=N–C) groups is 2. The van der Waals surface area contributed by atoms with Crippen molar-refractivity contribution in [2.24, 2.45) is 9.98 Å². The summed E-state index contributed by atoms with van der Waals surface area (Å²) in [7, 11) is 3.27. The van der Waals surface area contributed by atoms with E-state index in [1.54, 1.807) is 14.2 Å². The van der Waals surface area contributed by atoms with E-state index < -0.39 is 0 Å². The molecule has 0 aromatic heterocycles. The number of fused-ring (bicyclic) bond motifs is 1. The van der Waals surface area contributed by atoms with Gasteiger partial charge in [-0.15, -0.1) is 0 Å². The molecule has 0 saturated carbocycles. The van der Waals surface area contributed by atoms with Crippen molar-refractivity contribution in [2.75, 3.05) is 20.8 Å². The smallest absolute Gasteiger partial charge is 0.210 e. The minimum atomic E-state index is 0.428. The average Bonchev–Trinajstić information content (AvgIpc) is 2.74. The third-order valence-electron chi connectivity index (χ3n) is 3.36. The minimum absolute atomic E-state index is 0.428. The van der Waals surface area contributed by atoms with E-state index in [2.05, 4.69) is 9.98 Å². The lowest BCUT2D eigenvalue weighted by molar-refractivity contribution is 0.396. The highest BCUT2D eigenvalue weighted by Crippen LogP contribution is 2.29. The monoisotopic (exact) mass is 280 g/mol. The van der Waals surface area contributed by atoms with Crippen molar-refractivity contribution < 1.29 is 9.47 Å². The second kappa shape index (κ2) is 5.79. The Morgan fingerprint density at radius 3 is 2.48 bits per heavy atom. The summed E-state index contributed by atoms with van der Waals surface area (Å²) in [5.74, 6) is 1.39. The van der Waals surface area contributed by atoms with Crippen molar-refractivity contribution in [3.05, 3.63) is 59.7 Å². The molecular weight excluding hydrogens is 264 g/mol. The number of nitrogens with zero attached hydrogens (tertiary/aromatic N) is 2. The molecule has 0 N–H and O–H groups in total. The van der Waals surface area contributed by atoms with Crippen LogP contribution in [0.3, 0.4) is 0 Å². The average molecular weight is 280 g/mol. The summed E-state index contributed by atoms with van der Waals surface area (Å²) in [6.45, 7) is 0.428. The first-order valence-electron chi connectivity index (χ1n) is 6.71. The summed E-state index contributed by atoms with van der Waals surface area (Å²) in [4.78, 5) is 9.20. The van der Waals surface area contributed by atoms with Gasteiger partial charge in [0.25, 0.3) is 0 Å². The Kier molecular flexibility index (Phi) is 3.69. The van der Waals surface area contributed by atoms with Crippen LogP contribution >= 0.6 is 0 Å². The lowest BCUT2D eigenvalue weighted by Crippen LogP contribution is -2.07. The third-order valence-corrected chi connectivity index (χ3v) is 3.36. The molecule has 0 spiro atoms. The molecule has 0 fully saturated rings. The van der Waals surface area contributed by atoms with Crippen LogP contribution in [-0.4, -0.2) is 32.4 Å². The molecule has 1 heterocycles. The maximum Gasteiger partial charge on any atom is 0.210 e. The predicted octanol–water partition coefficient (Wildman–Crippen LogP) is 3.22. The van der Waals surface area contributed by atoms with Gasteiger partial charge in [-0.25, -0.2) is 4.99 Å². The van der Waals surface area contributed by atoms with E-state index in [9.17, 15) is 0 Å². The lowest BCUT2D eigenvalue weighted by Gasteiger charge is -2.10. The van der Waals surface area contributed by atoms with Gasteiger partial charge in [-0.1, -0.05) is 30.3 Å². The van der Waals surface area contributed by atoms with E-state index >= 15 is 0 Å². The number of rotatable bonds is 2. The van der Waals surface area contributed by atoms with Gasteiger partial charge in [0.1, 0.15) is 12.3 Å². The first-order chi connectivity index (χ1) is 10.3. The van der Waals surface area contributed by atoms with Crippen LogP contribution in [0.5, 0.6) is 5.75 Å². The maximum atomic E-state index is 5.32. The predicted molar refractivity (Wildman–Crippen MR) is 84.0 cm³/mol. The van der Waals surface area contributed by atoms with Gasteiger partial charge in [-0.3, -0.25) is 4.99 Å². The molecule has 0 radical (unpaired) electrons. The molecule has 4 heteroatoms. The van der Waals surface area contributed by atoms with Gasteiger partial charge in [-0.05, 0) is 18.2 Å². The standard InChI is InChI=1S/C17H16N2O2/c1-20-13-8-9-15-14(10-13)17(12-6-4-3-5-7-12)18-11-16(19-15)21-2/h3-10H,11H2,1-2H3. The van der Waals surface area contributed by atoms with Crippen molar-refractivity contribution in [1.82, 2.24) is 0 Å². The number of ether oxygens (including phenoxy) is 2. The fraction of sp³-hybridized carbons (Fsp3) is 0.176. The molecule has 106 valence electrons. The molecule has 4 nitrogen and oxygen atoms in total. The molecule has 3 rings (SSSR count). The quantitative estimate of drug-likeness (QED) is 0.847. The second-order valence-electron chi connectivity index (χ2n) is 4.62. The van der Waals surface area contributed by atoms with Crippen molar-refractivity contribution in [3.8, 4) is 5.75 Å². The van der Waals surface area contributed by atoms with Crippen molar-refractivity contribution >= 4 is 17.3 Å². The third kappa shape index (κ3) is 2.65. The molecule has 21 heavy (non-hydrogen) atoms. The van der Waals surface area contributed by atoms with E-state index in [0.29, 0.717) is 12.4 Å². The molecule has 0 bridgehead atoms. The Labute approximate surface area is 123 Å². The fourth-order valence-corrected chi connectivity index (χ4v) is 2.28. The highest BCUT2D eigenvalue weighted by Gasteiger charge is 2.17. The molecule has 0 atom stereocenters. The van der Waals surface area contributed by atoms with Crippen LogP contribution in [-0.2, 0) is 4.74 Å². The zero-order chi connectivity index (χ0) is 14.7. The normalized spacial score (nSPS) is 13.6. The molecule has 2 aromatic carbocycles. The highest BCUT2D eigenvalue weighted by atomic mass is 16.5. The first kappa shape index (κ1) is 13.4. The highest BCUT2D eigenvalue weighted by molar-refractivity contribution is 6.17. The molecule has 2 aromatic rings. The van der Waals surface area contributed by atoms with Crippen LogP contribution in [0.25, 0.3) is 0 Å². The molecule has 0 saturated heterocycles. The number of methoxy groups -OCH3 is 2. The topological polar surface area (TPSA) is 43.2 Å².